The molecule has 0 aromatic heterocycles. The summed E-state index contributed by atoms with van der Waals surface area (Å²) in [5, 5.41) is 9.71. The van der Waals surface area contributed by atoms with E-state index in [0.717, 1.165) is 18.5 Å². The topological polar surface area (TPSA) is 23.5 Å². The van der Waals surface area contributed by atoms with Crippen LogP contribution >= 0.6 is 0 Å². The molecule has 0 heterocycles. The van der Waals surface area contributed by atoms with Gasteiger partial charge in [0.2, 0.25) is 0 Å². The standard InChI is InChI=1S/C14H22FNO/c1-5-12(6-2)16(4)14-8-7-11(15)9-13(14)10(3)17/h7-10,12,17H,5-6H2,1-4H3. The van der Waals surface area contributed by atoms with Crippen LogP contribution in [0.5, 0.6) is 0 Å². The lowest BCUT2D eigenvalue weighted by Crippen LogP contribution is -2.31. The van der Waals surface area contributed by atoms with Crippen LogP contribution in [0.1, 0.15) is 45.3 Å². The first kappa shape index (κ1) is 14.0. The first-order valence-corrected chi connectivity index (χ1v) is 6.21. The van der Waals surface area contributed by atoms with E-state index < -0.39 is 6.10 Å². The van der Waals surface area contributed by atoms with E-state index in [9.17, 15) is 9.50 Å². The zero-order chi connectivity index (χ0) is 13.0. The molecule has 1 atom stereocenters. The number of hydrogen-bond donors (Lipinski definition) is 1. The Bertz CT molecular complexity index is 361. The van der Waals surface area contributed by atoms with Gasteiger partial charge in [-0.3, -0.25) is 0 Å². The summed E-state index contributed by atoms with van der Waals surface area (Å²) in [6.45, 7) is 5.94. The molecule has 96 valence electrons. The highest BCUT2D eigenvalue weighted by Crippen LogP contribution is 2.28. The van der Waals surface area contributed by atoms with Crippen molar-refractivity contribution in [3.05, 3.63) is 29.6 Å². The van der Waals surface area contributed by atoms with Gasteiger partial charge in [-0.2, -0.15) is 0 Å². The van der Waals surface area contributed by atoms with Crippen LogP contribution in [0.25, 0.3) is 0 Å². The smallest absolute Gasteiger partial charge is 0.123 e. The highest BCUT2D eigenvalue weighted by molar-refractivity contribution is 5.55. The largest absolute Gasteiger partial charge is 0.389 e. The Labute approximate surface area is 103 Å². The minimum absolute atomic E-state index is 0.303. The molecular formula is C14H22FNO. The number of nitrogens with zero attached hydrogens (tertiary/aromatic N) is 1. The predicted octanol–water partition coefficient (Wildman–Crippen LogP) is 3.50. The number of hydrogen-bond acceptors (Lipinski definition) is 2. The van der Waals surface area contributed by atoms with Crippen LogP contribution < -0.4 is 4.90 Å². The zero-order valence-corrected chi connectivity index (χ0v) is 11.1. The maximum absolute atomic E-state index is 13.2. The van der Waals surface area contributed by atoms with E-state index in [1.807, 2.05) is 7.05 Å². The molecule has 3 heteroatoms. The van der Waals surface area contributed by atoms with Gasteiger partial charge < -0.3 is 10.0 Å². The minimum atomic E-state index is -0.655. The molecule has 1 rings (SSSR count). The van der Waals surface area contributed by atoms with Crippen molar-refractivity contribution < 1.29 is 9.50 Å². The van der Waals surface area contributed by atoms with Crippen LogP contribution in [0, 0.1) is 5.82 Å². The van der Waals surface area contributed by atoms with Crippen molar-refractivity contribution >= 4 is 5.69 Å². The molecule has 0 amide bonds. The summed E-state index contributed by atoms with van der Waals surface area (Å²) in [6.07, 6.45) is 1.41. The number of benzene rings is 1. The normalized spacial score (nSPS) is 12.9. The maximum atomic E-state index is 13.2. The molecule has 0 radical (unpaired) electrons. The summed E-state index contributed by atoms with van der Waals surface area (Å²) >= 11 is 0. The molecule has 1 aromatic rings. The van der Waals surface area contributed by atoms with Crippen LogP contribution in [0.4, 0.5) is 10.1 Å². The minimum Gasteiger partial charge on any atom is -0.389 e. The van der Waals surface area contributed by atoms with E-state index in [1.165, 1.54) is 12.1 Å². The Morgan fingerprint density at radius 1 is 1.29 bits per heavy atom. The molecule has 0 aliphatic carbocycles. The van der Waals surface area contributed by atoms with E-state index in [4.69, 9.17) is 0 Å². The molecule has 0 bridgehead atoms. The third kappa shape index (κ3) is 3.19. The summed E-state index contributed by atoms with van der Waals surface area (Å²) in [4.78, 5) is 2.13. The van der Waals surface area contributed by atoms with Gasteiger partial charge >= 0.3 is 0 Å². The van der Waals surface area contributed by atoms with Crippen LogP contribution in [0.2, 0.25) is 0 Å². The van der Waals surface area contributed by atoms with Crippen molar-refractivity contribution in [1.29, 1.82) is 0 Å². The van der Waals surface area contributed by atoms with E-state index in [2.05, 4.69) is 18.7 Å². The molecule has 0 saturated heterocycles. The Morgan fingerprint density at radius 2 is 1.88 bits per heavy atom. The van der Waals surface area contributed by atoms with Gasteiger partial charge in [-0.1, -0.05) is 13.8 Å². The molecular weight excluding hydrogens is 217 g/mol. The average Bonchev–Trinajstić information content (AvgIpc) is 2.30. The van der Waals surface area contributed by atoms with Crippen LogP contribution in [-0.4, -0.2) is 18.2 Å². The van der Waals surface area contributed by atoms with Gasteiger partial charge in [0.15, 0.2) is 0 Å². The molecule has 2 nitrogen and oxygen atoms in total. The van der Waals surface area contributed by atoms with Crippen molar-refractivity contribution in [3.8, 4) is 0 Å². The van der Waals surface area contributed by atoms with Crippen molar-refractivity contribution in [2.24, 2.45) is 0 Å². The third-order valence-electron chi connectivity index (χ3n) is 3.31. The van der Waals surface area contributed by atoms with E-state index >= 15 is 0 Å². The number of anilines is 1. The summed E-state index contributed by atoms with van der Waals surface area (Å²) < 4.78 is 13.2. The lowest BCUT2D eigenvalue weighted by molar-refractivity contribution is 0.199. The first-order chi connectivity index (χ1) is 8.01. The van der Waals surface area contributed by atoms with Gasteiger partial charge in [0.1, 0.15) is 5.82 Å². The molecule has 0 aliphatic heterocycles. The molecule has 1 unspecified atom stereocenters. The molecule has 0 aliphatic rings. The molecule has 0 saturated carbocycles. The predicted molar refractivity (Wildman–Crippen MR) is 69.8 cm³/mol. The van der Waals surface area contributed by atoms with Gasteiger partial charge in [0.25, 0.3) is 0 Å². The number of halogens is 1. The second-order valence-electron chi connectivity index (χ2n) is 4.46. The highest BCUT2D eigenvalue weighted by Gasteiger charge is 2.17. The number of rotatable bonds is 5. The fourth-order valence-corrected chi connectivity index (χ4v) is 2.21. The third-order valence-corrected chi connectivity index (χ3v) is 3.31. The molecule has 1 N–H and O–H groups in total. The highest BCUT2D eigenvalue weighted by atomic mass is 19.1. The quantitative estimate of drug-likeness (QED) is 0.850. The SMILES string of the molecule is CCC(CC)N(C)c1ccc(F)cc1C(C)O. The molecule has 17 heavy (non-hydrogen) atoms. The zero-order valence-electron chi connectivity index (χ0n) is 11.1. The Balaban J connectivity index is 3.11. The Hall–Kier alpha value is -1.09. The number of aliphatic hydroxyl groups excluding tert-OH is 1. The van der Waals surface area contributed by atoms with Crippen molar-refractivity contribution in [2.75, 3.05) is 11.9 Å². The van der Waals surface area contributed by atoms with Crippen LogP contribution in [-0.2, 0) is 0 Å². The molecule has 0 fully saturated rings. The van der Waals surface area contributed by atoms with E-state index in [-0.39, 0.29) is 5.82 Å². The Kier molecular flexibility index (Phi) is 4.94. The second-order valence-corrected chi connectivity index (χ2v) is 4.46. The van der Waals surface area contributed by atoms with Crippen molar-refractivity contribution in [1.82, 2.24) is 0 Å². The van der Waals surface area contributed by atoms with Crippen LogP contribution in [0.3, 0.4) is 0 Å². The fraction of sp³-hybridized carbons (Fsp3) is 0.571. The summed E-state index contributed by atoms with van der Waals surface area (Å²) in [6, 6.07) is 5.02. The summed E-state index contributed by atoms with van der Waals surface area (Å²) in [5.74, 6) is -0.303. The average molecular weight is 239 g/mol. The van der Waals surface area contributed by atoms with Gasteiger partial charge in [-0.15, -0.1) is 0 Å². The summed E-state index contributed by atoms with van der Waals surface area (Å²) in [7, 11) is 2.00. The van der Waals surface area contributed by atoms with Crippen molar-refractivity contribution in [2.45, 2.75) is 45.8 Å². The first-order valence-electron chi connectivity index (χ1n) is 6.21. The lowest BCUT2D eigenvalue weighted by Gasteiger charge is -2.31. The monoisotopic (exact) mass is 239 g/mol. The van der Waals surface area contributed by atoms with Crippen LogP contribution in [0.15, 0.2) is 18.2 Å². The second kappa shape index (κ2) is 6.01. The lowest BCUT2D eigenvalue weighted by atomic mass is 10.0. The fourth-order valence-electron chi connectivity index (χ4n) is 2.21. The summed E-state index contributed by atoms with van der Waals surface area (Å²) in [5.41, 5.74) is 1.56. The number of aliphatic hydroxyl groups is 1. The van der Waals surface area contributed by atoms with Gasteiger partial charge in [-0.25, -0.2) is 4.39 Å². The molecule has 0 spiro atoms. The van der Waals surface area contributed by atoms with Gasteiger partial charge in [0.05, 0.1) is 6.10 Å². The van der Waals surface area contributed by atoms with E-state index in [1.54, 1.807) is 13.0 Å². The maximum Gasteiger partial charge on any atom is 0.123 e. The van der Waals surface area contributed by atoms with E-state index in [0.29, 0.717) is 11.6 Å². The molecule has 1 aromatic carbocycles. The van der Waals surface area contributed by atoms with Gasteiger partial charge in [0, 0.05) is 24.3 Å². The van der Waals surface area contributed by atoms with Gasteiger partial charge in [-0.05, 0) is 38.0 Å². The Morgan fingerprint density at radius 3 is 2.35 bits per heavy atom. The van der Waals surface area contributed by atoms with Crippen molar-refractivity contribution in [3.63, 3.8) is 0 Å².